The van der Waals surface area contributed by atoms with E-state index in [4.69, 9.17) is 9.84 Å². The molecule has 1 aliphatic rings. The van der Waals surface area contributed by atoms with Crippen molar-refractivity contribution in [2.24, 2.45) is 0 Å². The van der Waals surface area contributed by atoms with Crippen molar-refractivity contribution in [2.75, 3.05) is 30.6 Å². The number of carbonyl (C=O) groups excluding carboxylic acids is 1. The molecular formula is C29H40N6O4S. The maximum absolute atomic E-state index is 12.5. The van der Waals surface area contributed by atoms with Gasteiger partial charge in [-0.3, -0.25) is 4.72 Å². The number of piperidine rings is 1. The molecule has 10 nitrogen and oxygen atoms in total. The number of amides is 1. The zero-order valence-corrected chi connectivity index (χ0v) is 24.5. The van der Waals surface area contributed by atoms with E-state index in [1.807, 2.05) is 74.2 Å². The largest absolute Gasteiger partial charge is 0.444 e. The molecule has 1 aromatic heterocycles. The van der Waals surface area contributed by atoms with Gasteiger partial charge in [-0.25, -0.2) is 22.9 Å². The number of benzene rings is 2. The zero-order valence-electron chi connectivity index (χ0n) is 23.7. The summed E-state index contributed by atoms with van der Waals surface area (Å²) in [6.07, 6.45) is 5.87. The van der Waals surface area contributed by atoms with E-state index in [1.54, 1.807) is 12.1 Å². The van der Waals surface area contributed by atoms with Crippen molar-refractivity contribution >= 4 is 21.8 Å². The number of aromatic nitrogens is 3. The quantitative estimate of drug-likeness (QED) is 0.369. The molecule has 40 heavy (non-hydrogen) atoms. The van der Waals surface area contributed by atoms with Crippen molar-refractivity contribution in [3.8, 4) is 0 Å². The molecule has 2 N–H and O–H groups in total. The lowest BCUT2D eigenvalue weighted by Gasteiger charge is -2.33. The van der Waals surface area contributed by atoms with Crippen molar-refractivity contribution in [1.29, 1.82) is 0 Å². The molecule has 11 heteroatoms. The molecule has 2 heterocycles. The molecular weight excluding hydrogens is 528 g/mol. The number of anilines is 1. The van der Waals surface area contributed by atoms with Gasteiger partial charge in [-0.05, 0) is 63.3 Å². The van der Waals surface area contributed by atoms with Gasteiger partial charge in [0.1, 0.15) is 11.9 Å². The minimum absolute atomic E-state index is 0.122. The molecule has 0 bridgehead atoms. The minimum Gasteiger partial charge on any atom is -0.444 e. The van der Waals surface area contributed by atoms with Crippen LogP contribution in [-0.2, 0) is 21.2 Å². The average molecular weight is 569 g/mol. The van der Waals surface area contributed by atoms with E-state index < -0.39 is 21.7 Å². The summed E-state index contributed by atoms with van der Waals surface area (Å²) in [5.41, 5.74) is 2.07. The number of ether oxygens (including phenoxy) is 1. The Kier molecular flexibility index (Phi) is 9.47. The van der Waals surface area contributed by atoms with Gasteiger partial charge in [0.05, 0.1) is 18.3 Å². The van der Waals surface area contributed by atoms with Crippen LogP contribution in [0.25, 0.3) is 0 Å². The Morgan fingerprint density at radius 3 is 2.38 bits per heavy atom. The number of nitrogens with one attached hydrogen (secondary N) is 2. The van der Waals surface area contributed by atoms with Crippen LogP contribution in [0.5, 0.6) is 0 Å². The number of sulfonamides is 1. The summed E-state index contributed by atoms with van der Waals surface area (Å²) in [5.74, 6) is 0.741. The van der Waals surface area contributed by atoms with E-state index >= 15 is 0 Å². The average Bonchev–Trinajstić information content (AvgIpc) is 3.35. The van der Waals surface area contributed by atoms with Gasteiger partial charge in [0.15, 0.2) is 5.82 Å². The maximum Gasteiger partial charge on any atom is 0.408 e. The number of rotatable bonds is 10. The Balaban J connectivity index is 1.27. The van der Waals surface area contributed by atoms with Crippen LogP contribution in [0, 0.1) is 0 Å². The van der Waals surface area contributed by atoms with Crippen molar-refractivity contribution in [1.82, 2.24) is 25.0 Å². The van der Waals surface area contributed by atoms with Crippen LogP contribution in [0.4, 0.5) is 10.5 Å². The Morgan fingerprint density at radius 2 is 1.75 bits per heavy atom. The molecule has 0 aliphatic carbocycles. The number of likely N-dealkylation sites (tertiary alicyclic amines) is 1. The maximum atomic E-state index is 12.5. The smallest absolute Gasteiger partial charge is 0.408 e. The fraction of sp³-hybridized carbons (Fsp3) is 0.483. The molecule has 0 radical (unpaired) electrons. The first kappa shape index (κ1) is 29.5. The Bertz CT molecular complexity index is 1350. The lowest BCUT2D eigenvalue weighted by molar-refractivity contribution is 0.0496. The first-order valence-electron chi connectivity index (χ1n) is 13.7. The minimum atomic E-state index is -3.30. The number of alkyl carbamates (subject to hydrolysis) is 1. The van der Waals surface area contributed by atoms with Gasteiger partial charge in [-0.15, -0.1) is 0 Å². The monoisotopic (exact) mass is 568 g/mol. The van der Waals surface area contributed by atoms with Gasteiger partial charge in [0, 0.05) is 31.7 Å². The van der Waals surface area contributed by atoms with Crippen molar-refractivity contribution < 1.29 is 17.9 Å². The highest BCUT2D eigenvalue weighted by atomic mass is 32.2. The van der Waals surface area contributed by atoms with Crippen molar-refractivity contribution in [3.63, 3.8) is 0 Å². The van der Waals surface area contributed by atoms with Gasteiger partial charge >= 0.3 is 6.09 Å². The second kappa shape index (κ2) is 12.8. The van der Waals surface area contributed by atoms with E-state index in [0.29, 0.717) is 18.2 Å². The zero-order chi connectivity index (χ0) is 28.8. The highest BCUT2D eigenvalue weighted by molar-refractivity contribution is 7.92. The lowest BCUT2D eigenvalue weighted by Crippen LogP contribution is -2.39. The predicted octanol–water partition coefficient (Wildman–Crippen LogP) is 4.53. The standard InChI is InChI=1S/C29H40N6O4S/c1-29(2,3)39-28(36)31-26(23-8-6-5-7-9-23)16-19-34-17-14-25(15-18-34)35-21-30-27(32-35)20-22-10-12-24(13-11-22)33-40(4,37)38/h5-13,21,25-26,33H,14-20H2,1-4H3,(H,31,36). The van der Waals surface area contributed by atoms with Crippen LogP contribution in [0.1, 0.15) is 69.1 Å². The Morgan fingerprint density at radius 1 is 1.07 bits per heavy atom. The van der Waals surface area contributed by atoms with Crippen molar-refractivity contribution in [2.45, 2.75) is 64.1 Å². The number of hydrogen-bond donors (Lipinski definition) is 2. The molecule has 0 spiro atoms. The molecule has 1 atom stereocenters. The van der Waals surface area contributed by atoms with Crippen LogP contribution in [0.2, 0.25) is 0 Å². The molecule has 1 fully saturated rings. The molecule has 2 aromatic carbocycles. The van der Waals surface area contributed by atoms with E-state index in [-0.39, 0.29) is 6.04 Å². The number of hydrogen-bond acceptors (Lipinski definition) is 7. The highest BCUT2D eigenvalue weighted by Crippen LogP contribution is 2.24. The van der Waals surface area contributed by atoms with Crippen molar-refractivity contribution in [3.05, 3.63) is 77.9 Å². The van der Waals surface area contributed by atoms with Crippen LogP contribution < -0.4 is 10.0 Å². The van der Waals surface area contributed by atoms with E-state index in [2.05, 4.69) is 19.9 Å². The fourth-order valence-electron chi connectivity index (χ4n) is 4.83. The van der Waals surface area contributed by atoms with Gasteiger partial charge in [0.2, 0.25) is 10.0 Å². The van der Waals surface area contributed by atoms with Gasteiger partial charge < -0.3 is 15.0 Å². The molecule has 1 unspecified atom stereocenters. The van der Waals surface area contributed by atoms with Gasteiger partial charge in [0.25, 0.3) is 0 Å². The van der Waals surface area contributed by atoms with Crippen LogP contribution >= 0.6 is 0 Å². The molecule has 1 saturated heterocycles. The lowest BCUT2D eigenvalue weighted by atomic mass is 10.0. The molecule has 216 valence electrons. The van der Waals surface area contributed by atoms with Crippen LogP contribution in [-0.4, -0.2) is 65.7 Å². The third-order valence-electron chi connectivity index (χ3n) is 6.73. The number of nitrogens with zero attached hydrogens (tertiary/aromatic N) is 4. The third-order valence-corrected chi connectivity index (χ3v) is 7.34. The predicted molar refractivity (Wildman–Crippen MR) is 156 cm³/mol. The summed E-state index contributed by atoms with van der Waals surface area (Å²) in [5, 5.41) is 7.79. The van der Waals surface area contributed by atoms with E-state index in [1.165, 1.54) is 0 Å². The molecule has 1 aliphatic heterocycles. The molecule has 3 aromatic rings. The first-order valence-corrected chi connectivity index (χ1v) is 15.6. The highest BCUT2D eigenvalue weighted by Gasteiger charge is 2.24. The SMILES string of the molecule is CC(C)(C)OC(=O)NC(CCN1CCC(n2cnc(Cc3ccc(NS(C)(=O)=O)cc3)n2)CC1)c1ccccc1. The fourth-order valence-corrected chi connectivity index (χ4v) is 5.40. The van der Waals surface area contributed by atoms with Gasteiger partial charge in [-0.2, -0.15) is 5.10 Å². The molecule has 4 rings (SSSR count). The number of carbonyl (C=O) groups is 1. The molecule has 0 saturated carbocycles. The van der Waals surface area contributed by atoms with E-state index in [0.717, 1.165) is 62.1 Å². The second-order valence-corrected chi connectivity index (χ2v) is 13.1. The molecule has 1 amide bonds. The van der Waals surface area contributed by atoms with E-state index in [9.17, 15) is 13.2 Å². The first-order chi connectivity index (χ1) is 18.9. The summed E-state index contributed by atoms with van der Waals surface area (Å²) in [6, 6.07) is 17.5. The summed E-state index contributed by atoms with van der Waals surface area (Å²) in [4.78, 5) is 19.4. The summed E-state index contributed by atoms with van der Waals surface area (Å²) >= 11 is 0. The summed E-state index contributed by atoms with van der Waals surface area (Å²) in [6.45, 7) is 8.36. The summed E-state index contributed by atoms with van der Waals surface area (Å²) in [7, 11) is -3.30. The Hall–Kier alpha value is -3.44. The van der Waals surface area contributed by atoms with Crippen LogP contribution in [0.15, 0.2) is 60.9 Å². The Labute approximate surface area is 237 Å². The van der Waals surface area contributed by atoms with Gasteiger partial charge in [-0.1, -0.05) is 42.5 Å². The van der Waals surface area contributed by atoms with Crippen LogP contribution in [0.3, 0.4) is 0 Å². The second-order valence-electron chi connectivity index (χ2n) is 11.4. The topological polar surface area (TPSA) is 118 Å². The third kappa shape index (κ3) is 9.34. The normalized spacial score (nSPS) is 15.9. The summed E-state index contributed by atoms with van der Waals surface area (Å²) < 4.78 is 32.7.